The smallest absolute Gasteiger partial charge is 0.408 e. The summed E-state index contributed by atoms with van der Waals surface area (Å²) in [5.41, 5.74) is 2.22. The van der Waals surface area contributed by atoms with Crippen LogP contribution >= 0.6 is 0 Å². The van der Waals surface area contributed by atoms with Crippen LogP contribution < -0.4 is 5.32 Å². The number of cyclic esters (lactones) is 1. The Balaban J connectivity index is 1.83. The number of amides is 1. The number of hydrogen-bond donors (Lipinski definition) is 1. The molecule has 2 rings (SSSR count). The molecule has 1 amide bonds. The van der Waals surface area contributed by atoms with Gasteiger partial charge in [0.15, 0.2) is 6.04 Å². The molecule has 0 bridgehead atoms. The van der Waals surface area contributed by atoms with Gasteiger partial charge in [0.05, 0.1) is 0 Å². The van der Waals surface area contributed by atoms with Crippen LogP contribution in [0.5, 0.6) is 0 Å². The van der Waals surface area contributed by atoms with Crippen LogP contribution in [0.3, 0.4) is 0 Å². The number of ether oxygens (including phenoxy) is 2. The van der Waals surface area contributed by atoms with E-state index in [2.05, 4.69) is 26.1 Å². The van der Waals surface area contributed by atoms with E-state index < -0.39 is 18.1 Å². The molecule has 1 heterocycles. The van der Waals surface area contributed by atoms with E-state index in [1.54, 1.807) is 6.92 Å². The quantitative estimate of drug-likeness (QED) is 0.869. The molecule has 1 aromatic rings. The van der Waals surface area contributed by atoms with Gasteiger partial charge in [0, 0.05) is 0 Å². The van der Waals surface area contributed by atoms with E-state index in [4.69, 9.17) is 9.47 Å². The van der Waals surface area contributed by atoms with Crippen molar-refractivity contribution in [3.05, 3.63) is 35.4 Å². The van der Waals surface area contributed by atoms with Gasteiger partial charge >= 0.3 is 12.1 Å². The van der Waals surface area contributed by atoms with Crippen LogP contribution in [-0.2, 0) is 26.3 Å². The third-order valence-electron chi connectivity index (χ3n) is 3.49. The number of hydrogen-bond acceptors (Lipinski definition) is 4. The maximum atomic E-state index is 11.6. The van der Waals surface area contributed by atoms with Crippen molar-refractivity contribution in [1.29, 1.82) is 0 Å². The molecule has 21 heavy (non-hydrogen) atoms. The zero-order valence-electron chi connectivity index (χ0n) is 12.8. The van der Waals surface area contributed by atoms with Gasteiger partial charge in [-0.05, 0) is 23.5 Å². The molecular weight excluding hydrogens is 270 g/mol. The van der Waals surface area contributed by atoms with Crippen LogP contribution in [0.15, 0.2) is 24.3 Å². The zero-order chi connectivity index (χ0) is 15.6. The highest BCUT2D eigenvalue weighted by atomic mass is 16.6. The van der Waals surface area contributed by atoms with Gasteiger partial charge in [-0.1, -0.05) is 45.0 Å². The highest BCUT2D eigenvalue weighted by Crippen LogP contribution is 2.22. The van der Waals surface area contributed by atoms with E-state index in [1.165, 1.54) is 5.56 Å². The minimum absolute atomic E-state index is 0.0947. The van der Waals surface area contributed by atoms with Crippen molar-refractivity contribution in [2.75, 3.05) is 0 Å². The molecule has 1 fully saturated rings. The van der Waals surface area contributed by atoms with Crippen molar-refractivity contribution in [3.8, 4) is 0 Å². The molecule has 0 radical (unpaired) electrons. The lowest BCUT2D eigenvalue weighted by atomic mass is 9.87. The fourth-order valence-electron chi connectivity index (χ4n) is 2.04. The van der Waals surface area contributed by atoms with Crippen molar-refractivity contribution < 1.29 is 19.1 Å². The van der Waals surface area contributed by atoms with Crippen LogP contribution in [0.4, 0.5) is 4.79 Å². The van der Waals surface area contributed by atoms with Gasteiger partial charge in [-0.25, -0.2) is 9.59 Å². The largest absolute Gasteiger partial charge is 0.458 e. The van der Waals surface area contributed by atoms with Gasteiger partial charge in [0.1, 0.15) is 12.7 Å². The number of nitrogens with one attached hydrogen (secondary N) is 1. The summed E-state index contributed by atoms with van der Waals surface area (Å²) >= 11 is 0. The van der Waals surface area contributed by atoms with E-state index in [1.807, 2.05) is 24.3 Å². The number of alkyl carbamates (subject to hydrolysis) is 1. The maximum Gasteiger partial charge on any atom is 0.408 e. The fourth-order valence-corrected chi connectivity index (χ4v) is 2.04. The topological polar surface area (TPSA) is 64.6 Å². The zero-order valence-corrected chi connectivity index (χ0v) is 12.8. The lowest BCUT2D eigenvalue weighted by Gasteiger charge is -2.32. The molecule has 5 nitrogen and oxygen atoms in total. The molecule has 0 spiro atoms. The molecule has 1 N–H and O–H groups in total. The molecular formula is C16H21NO4. The monoisotopic (exact) mass is 291 g/mol. The Labute approximate surface area is 124 Å². The summed E-state index contributed by atoms with van der Waals surface area (Å²) in [4.78, 5) is 22.7. The van der Waals surface area contributed by atoms with E-state index in [-0.39, 0.29) is 18.1 Å². The minimum atomic E-state index is -0.608. The van der Waals surface area contributed by atoms with E-state index in [0.29, 0.717) is 0 Å². The Morgan fingerprint density at radius 2 is 1.90 bits per heavy atom. The highest BCUT2D eigenvalue weighted by molar-refractivity contribution is 5.86. The molecule has 0 saturated carbocycles. The van der Waals surface area contributed by atoms with Gasteiger partial charge < -0.3 is 14.8 Å². The summed E-state index contributed by atoms with van der Waals surface area (Å²) in [6.45, 7) is 8.32. The number of carbonyl (C=O) groups is 2. The first-order chi connectivity index (χ1) is 9.77. The molecule has 114 valence electrons. The van der Waals surface area contributed by atoms with Gasteiger partial charge in [-0.2, -0.15) is 0 Å². The summed E-state index contributed by atoms with van der Waals surface area (Å²) in [7, 11) is 0. The molecule has 2 atom stereocenters. The number of esters is 1. The van der Waals surface area contributed by atoms with Crippen molar-refractivity contribution in [2.24, 2.45) is 0 Å². The first-order valence-electron chi connectivity index (χ1n) is 7.00. The normalized spacial score (nSPS) is 21.2. The number of benzene rings is 1. The Hall–Kier alpha value is -2.04. The highest BCUT2D eigenvalue weighted by Gasteiger charge is 2.40. The predicted molar refractivity (Wildman–Crippen MR) is 77.8 cm³/mol. The first kappa shape index (κ1) is 15.4. The second kappa shape index (κ2) is 5.76. The molecule has 0 unspecified atom stereocenters. The van der Waals surface area contributed by atoms with E-state index >= 15 is 0 Å². The Bertz CT molecular complexity index is 530. The molecule has 1 aromatic carbocycles. The number of carbonyl (C=O) groups excluding carboxylic acids is 2. The lowest BCUT2D eigenvalue weighted by molar-refractivity contribution is -0.174. The fraction of sp³-hybridized carbons (Fsp3) is 0.500. The van der Waals surface area contributed by atoms with E-state index in [9.17, 15) is 9.59 Å². The summed E-state index contributed by atoms with van der Waals surface area (Å²) in [5.74, 6) is -0.422. The summed E-state index contributed by atoms with van der Waals surface area (Å²) in [5, 5.41) is 2.49. The third-order valence-corrected chi connectivity index (χ3v) is 3.49. The predicted octanol–water partition coefficient (Wildman–Crippen LogP) is 2.52. The van der Waals surface area contributed by atoms with Crippen molar-refractivity contribution >= 4 is 12.1 Å². The summed E-state index contributed by atoms with van der Waals surface area (Å²) in [6.07, 6.45) is -0.903. The molecule has 1 aliphatic rings. The van der Waals surface area contributed by atoms with Crippen LogP contribution in [0.1, 0.15) is 38.8 Å². The van der Waals surface area contributed by atoms with Crippen molar-refractivity contribution in [3.63, 3.8) is 0 Å². The van der Waals surface area contributed by atoms with Crippen molar-refractivity contribution in [2.45, 2.75) is 51.9 Å². The molecule has 5 heteroatoms. The van der Waals surface area contributed by atoms with Crippen LogP contribution in [0.25, 0.3) is 0 Å². The first-order valence-corrected chi connectivity index (χ1v) is 7.00. The molecule has 0 aromatic heterocycles. The average molecular weight is 291 g/mol. The second-order valence-corrected chi connectivity index (χ2v) is 6.29. The second-order valence-electron chi connectivity index (χ2n) is 6.29. The summed E-state index contributed by atoms with van der Waals surface area (Å²) < 4.78 is 9.85. The number of rotatable bonds is 3. The minimum Gasteiger partial charge on any atom is -0.458 e. The average Bonchev–Trinajstić information content (AvgIpc) is 2.42. The molecule has 1 saturated heterocycles. The van der Waals surface area contributed by atoms with Crippen molar-refractivity contribution in [1.82, 2.24) is 5.32 Å². The van der Waals surface area contributed by atoms with E-state index in [0.717, 1.165) is 5.56 Å². The standard InChI is InChI=1S/C16H21NO4/c1-10-13(14(18)21-10)17-15(19)20-9-11-5-7-12(8-6-11)16(2,3)4/h5-8,10,13H,9H2,1-4H3,(H,17,19)/t10-,13+/m0/s1. The lowest BCUT2D eigenvalue weighted by Crippen LogP contribution is -2.58. The van der Waals surface area contributed by atoms with Crippen LogP contribution in [0.2, 0.25) is 0 Å². The Kier molecular flexibility index (Phi) is 4.21. The van der Waals surface area contributed by atoms with Crippen LogP contribution in [0, 0.1) is 0 Å². The van der Waals surface area contributed by atoms with Gasteiger partial charge in [0.25, 0.3) is 0 Å². The summed E-state index contributed by atoms with van der Waals surface area (Å²) in [6, 6.07) is 7.34. The maximum absolute atomic E-state index is 11.6. The molecule has 0 aliphatic carbocycles. The molecule has 1 aliphatic heterocycles. The van der Waals surface area contributed by atoms with Crippen LogP contribution in [-0.4, -0.2) is 24.2 Å². The van der Waals surface area contributed by atoms with Gasteiger partial charge in [-0.3, -0.25) is 0 Å². The Morgan fingerprint density at radius 3 is 2.38 bits per heavy atom. The Morgan fingerprint density at radius 1 is 1.29 bits per heavy atom. The third kappa shape index (κ3) is 3.74. The van der Waals surface area contributed by atoms with Gasteiger partial charge in [-0.15, -0.1) is 0 Å². The van der Waals surface area contributed by atoms with Gasteiger partial charge in [0.2, 0.25) is 0 Å². The SMILES string of the molecule is C[C@@H]1OC(=O)[C@@H]1NC(=O)OCc1ccc(C(C)(C)C)cc1.